The number of aromatic nitrogens is 3. The van der Waals surface area contributed by atoms with E-state index in [0.717, 1.165) is 56.0 Å². The lowest BCUT2D eigenvalue weighted by Gasteiger charge is -2.15. The standard InChI is InChI=1S/C64H41N3/c1-3-14-42(15-4-1)48-18-13-19-51(38-48)60-41-59(45-28-26-43(27-29-45)49-35-36-56-55-24-11-12-25-61(55)67(62(56)40-49)52-20-5-2-6-21-52)65-64(66-60)47-32-30-46(31-33-47)63-54-23-10-8-17-50(54)39-58-53-22-9-7-16-44(53)34-37-57(58)63/h1-41H. The van der Waals surface area contributed by atoms with Gasteiger partial charge in [0, 0.05) is 33.2 Å². The third-order valence-corrected chi connectivity index (χ3v) is 13.4. The SMILES string of the molecule is c1ccc(-c2cccc(-c3cc(-c4ccc(-c5ccc6c7ccccc7n(-c7ccccc7)c6c5)cc4)nc(-c4ccc(-c5c6ccccc6cc6c5ccc5ccccc56)cc4)n3)c2)cc1. The second-order valence-electron chi connectivity index (χ2n) is 17.3. The van der Waals surface area contributed by atoms with Gasteiger partial charge in [0.15, 0.2) is 5.82 Å². The van der Waals surface area contributed by atoms with Gasteiger partial charge in [-0.1, -0.05) is 206 Å². The van der Waals surface area contributed by atoms with E-state index in [0.29, 0.717) is 5.82 Å². The number of hydrogen-bond acceptors (Lipinski definition) is 2. The Kier molecular flexibility index (Phi) is 9.17. The van der Waals surface area contributed by atoms with Gasteiger partial charge in [0.2, 0.25) is 0 Å². The number of para-hydroxylation sites is 2. The highest BCUT2D eigenvalue weighted by atomic mass is 15.0. The molecule has 0 N–H and O–H groups in total. The number of hydrogen-bond donors (Lipinski definition) is 0. The molecule has 0 aliphatic heterocycles. The molecule has 3 nitrogen and oxygen atoms in total. The van der Waals surface area contributed by atoms with Crippen molar-refractivity contribution in [2.45, 2.75) is 0 Å². The molecule has 0 fully saturated rings. The van der Waals surface area contributed by atoms with Crippen LogP contribution in [-0.2, 0) is 0 Å². The summed E-state index contributed by atoms with van der Waals surface area (Å²) < 4.78 is 2.37. The van der Waals surface area contributed by atoms with Gasteiger partial charge < -0.3 is 4.57 Å². The van der Waals surface area contributed by atoms with Crippen LogP contribution in [0.2, 0.25) is 0 Å². The van der Waals surface area contributed by atoms with E-state index in [1.807, 2.05) is 0 Å². The summed E-state index contributed by atoms with van der Waals surface area (Å²) in [4.78, 5) is 10.6. The van der Waals surface area contributed by atoms with E-state index in [2.05, 4.69) is 253 Å². The topological polar surface area (TPSA) is 30.7 Å². The van der Waals surface area contributed by atoms with Gasteiger partial charge in [-0.2, -0.15) is 0 Å². The van der Waals surface area contributed by atoms with Crippen molar-refractivity contribution in [3.63, 3.8) is 0 Å². The molecule has 2 aromatic heterocycles. The molecule has 13 aromatic rings. The predicted octanol–water partition coefficient (Wildman–Crippen LogP) is 17.0. The Morgan fingerprint density at radius 2 is 0.791 bits per heavy atom. The van der Waals surface area contributed by atoms with Crippen LogP contribution in [0.25, 0.3) is 127 Å². The number of nitrogens with zero attached hydrogens (tertiary/aromatic N) is 3. The third kappa shape index (κ3) is 6.76. The summed E-state index contributed by atoms with van der Waals surface area (Å²) in [5.74, 6) is 0.682. The first-order valence-electron chi connectivity index (χ1n) is 22.9. The first kappa shape index (κ1) is 38.5. The van der Waals surface area contributed by atoms with Gasteiger partial charge in [0.05, 0.1) is 22.4 Å². The van der Waals surface area contributed by atoms with Crippen molar-refractivity contribution in [1.29, 1.82) is 0 Å². The highest BCUT2D eigenvalue weighted by Crippen LogP contribution is 2.41. The molecule has 0 spiro atoms. The Hall–Kier alpha value is -8.92. The van der Waals surface area contributed by atoms with Gasteiger partial charge in [0.25, 0.3) is 0 Å². The fourth-order valence-electron chi connectivity index (χ4n) is 10.1. The molecule has 0 saturated heterocycles. The van der Waals surface area contributed by atoms with Crippen molar-refractivity contribution < 1.29 is 0 Å². The lowest BCUT2D eigenvalue weighted by molar-refractivity contribution is 1.18. The van der Waals surface area contributed by atoms with Crippen LogP contribution in [0.1, 0.15) is 0 Å². The maximum absolute atomic E-state index is 5.31. The molecule has 0 bridgehead atoms. The molecule has 0 saturated carbocycles. The Morgan fingerprint density at radius 1 is 0.254 bits per heavy atom. The Balaban J connectivity index is 0.919. The molecular weight excluding hydrogens is 811 g/mol. The molecule has 0 unspecified atom stereocenters. The molecule has 0 radical (unpaired) electrons. The summed E-state index contributed by atoms with van der Waals surface area (Å²) >= 11 is 0. The first-order chi connectivity index (χ1) is 33.2. The van der Waals surface area contributed by atoms with Crippen LogP contribution in [0, 0.1) is 0 Å². The zero-order chi connectivity index (χ0) is 44.3. The van der Waals surface area contributed by atoms with E-state index in [9.17, 15) is 0 Å². The smallest absolute Gasteiger partial charge is 0.160 e. The summed E-state index contributed by atoms with van der Waals surface area (Å²) in [7, 11) is 0. The monoisotopic (exact) mass is 851 g/mol. The summed E-state index contributed by atoms with van der Waals surface area (Å²) in [5.41, 5.74) is 15.3. The first-order valence-corrected chi connectivity index (χ1v) is 22.9. The van der Waals surface area contributed by atoms with E-state index in [1.54, 1.807) is 0 Å². The molecule has 312 valence electrons. The fraction of sp³-hybridized carbons (Fsp3) is 0. The molecule has 67 heavy (non-hydrogen) atoms. The van der Waals surface area contributed by atoms with Crippen molar-refractivity contribution >= 4 is 54.1 Å². The van der Waals surface area contributed by atoms with Crippen LogP contribution in [0.15, 0.2) is 249 Å². The van der Waals surface area contributed by atoms with Crippen LogP contribution >= 0.6 is 0 Å². The van der Waals surface area contributed by atoms with Gasteiger partial charge in [0.1, 0.15) is 0 Å². The highest BCUT2D eigenvalue weighted by molar-refractivity contribution is 6.20. The molecular formula is C64H41N3. The molecule has 3 heteroatoms. The van der Waals surface area contributed by atoms with Gasteiger partial charge >= 0.3 is 0 Å². The maximum Gasteiger partial charge on any atom is 0.160 e. The van der Waals surface area contributed by atoms with E-state index in [-0.39, 0.29) is 0 Å². The number of fused-ring (bicyclic) bond motifs is 7. The minimum atomic E-state index is 0.682. The molecule has 0 aliphatic rings. The van der Waals surface area contributed by atoms with E-state index in [4.69, 9.17) is 9.97 Å². The van der Waals surface area contributed by atoms with Crippen molar-refractivity contribution in [2.24, 2.45) is 0 Å². The lowest BCUT2D eigenvalue weighted by Crippen LogP contribution is -1.96. The summed E-state index contributed by atoms with van der Waals surface area (Å²) in [6.07, 6.45) is 0. The molecule has 0 atom stereocenters. The van der Waals surface area contributed by atoms with Crippen molar-refractivity contribution in [2.75, 3.05) is 0 Å². The van der Waals surface area contributed by atoms with Crippen LogP contribution in [0.3, 0.4) is 0 Å². The van der Waals surface area contributed by atoms with E-state index in [1.165, 1.54) is 65.3 Å². The summed E-state index contributed by atoms with van der Waals surface area (Å²) in [6.45, 7) is 0. The van der Waals surface area contributed by atoms with Gasteiger partial charge in [-0.05, 0) is 108 Å². The minimum absolute atomic E-state index is 0.682. The van der Waals surface area contributed by atoms with Crippen molar-refractivity contribution in [1.82, 2.24) is 14.5 Å². The minimum Gasteiger partial charge on any atom is -0.309 e. The van der Waals surface area contributed by atoms with Crippen LogP contribution in [0.5, 0.6) is 0 Å². The second kappa shape index (κ2) is 16.0. The van der Waals surface area contributed by atoms with E-state index >= 15 is 0 Å². The summed E-state index contributed by atoms with van der Waals surface area (Å²) in [6, 6.07) is 89.4. The lowest BCUT2D eigenvalue weighted by atomic mass is 9.89. The largest absolute Gasteiger partial charge is 0.309 e. The highest BCUT2D eigenvalue weighted by Gasteiger charge is 2.17. The Bertz CT molecular complexity index is 4000. The van der Waals surface area contributed by atoms with Crippen LogP contribution in [-0.4, -0.2) is 14.5 Å². The maximum atomic E-state index is 5.31. The normalized spacial score (nSPS) is 11.6. The van der Waals surface area contributed by atoms with Gasteiger partial charge in [-0.3, -0.25) is 0 Å². The third-order valence-electron chi connectivity index (χ3n) is 13.4. The molecule has 0 amide bonds. The fourth-order valence-corrected chi connectivity index (χ4v) is 10.1. The van der Waals surface area contributed by atoms with Crippen LogP contribution in [0.4, 0.5) is 0 Å². The van der Waals surface area contributed by atoms with Crippen LogP contribution < -0.4 is 0 Å². The zero-order valence-corrected chi connectivity index (χ0v) is 36.5. The second-order valence-corrected chi connectivity index (χ2v) is 17.3. The van der Waals surface area contributed by atoms with Crippen molar-refractivity contribution in [3.05, 3.63) is 249 Å². The molecule has 13 rings (SSSR count). The molecule has 0 aliphatic carbocycles. The molecule has 2 heterocycles. The quantitative estimate of drug-likeness (QED) is 0.118. The van der Waals surface area contributed by atoms with E-state index < -0.39 is 0 Å². The zero-order valence-electron chi connectivity index (χ0n) is 36.5. The van der Waals surface area contributed by atoms with Gasteiger partial charge in [-0.15, -0.1) is 0 Å². The number of benzene rings is 11. The van der Waals surface area contributed by atoms with Crippen molar-refractivity contribution in [3.8, 4) is 73.0 Å². The number of rotatable bonds is 7. The summed E-state index contributed by atoms with van der Waals surface area (Å²) in [5, 5.41) is 9.96. The average molecular weight is 852 g/mol. The Labute approximate surface area is 388 Å². The average Bonchev–Trinajstić information content (AvgIpc) is 3.74. The Morgan fingerprint density at radius 3 is 1.60 bits per heavy atom. The predicted molar refractivity (Wildman–Crippen MR) is 282 cm³/mol. The molecule has 11 aromatic carbocycles. The van der Waals surface area contributed by atoms with Gasteiger partial charge in [-0.25, -0.2) is 9.97 Å².